The van der Waals surface area contributed by atoms with E-state index in [1.807, 2.05) is 6.07 Å². The Morgan fingerprint density at radius 3 is 2.53 bits per heavy atom. The lowest BCUT2D eigenvalue weighted by atomic mass is 10.1. The monoisotopic (exact) mass is 269 g/mol. The number of nitrogens with zero attached hydrogens (tertiary/aromatic N) is 1. The van der Waals surface area contributed by atoms with Crippen LogP contribution in [-0.2, 0) is 13.1 Å². The molecular formula is C10H8BrNO3. The Morgan fingerprint density at radius 1 is 1.40 bits per heavy atom. The van der Waals surface area contributed by atoms with E-state index in [9.17, 15) is 9.59 Å². The molecule has 0 aliphatic carbocycles. The van der Waals surface area contributed by atoms with Crippen molar-refractivity contribution >= 4 is 28.3 Å². The Labute approximate surface area is 94.6 Å². The van der Waals surface area contributed by atoms with E-state index in [2.05, 4.69) is 15.9 Å². The molecule has 15 heavy (non-hydrogen) atoms. The lowest BCUT2D eigenvalue weighted by molar-refractivity contribution is 0.112. The molecule has 5 heteroatoms. The highest BCUT2D eigenvalue weighted by molar-refractivity contribution is 9.10. The fourth-order valence-electron chi connectivity index (χ4n) is 1.67. The SMILES string of the molecule is O=Cc1cc2c(cc1Br)CN(C(=O)O)C2. The van der Waals surface area contributed by atoms with Crippen molar-refractivity contribution in [1.82, 2.24) is 4.90 Å². The molecule has 0 bridgehead atoms. The lowest BCUT2D eigenvalue weighted by Crippen LogP contribution is -2.22. The summed E-state index contributed by atoms with van der Waals surface area (Å²) in [6.07, 6.45) is -0.177. The summed E-state index contributed by atoms with van der Waals surface area (Å²) >= 11 is 3.27. The van der Waals surface area contributed by atoms with E-state index in [0.717, 1.165) is 17.4 Å². The van der Waals surface area contributed by atoms with Crippen LogP contribution < -0.4 is 0 Å². The molecule has 0 spiro atoms. The summed E-state index contributed by atoms with van der Waals surface area (Å²) in [5.41, 5.74) is 2.42. The van der Waals surface area contributed by atoms with E-state index >= 15 is 0 Å². The minimum absolute atomic E-state index is 0.360. The molecule has 0 saturated carbocycles. The van der Waals surface area contributed by atoms with E-state index < -0.39 is 6.09 Å². The van der Waals surface area contributed by atoms with Gasteiger partial charge in [0, 0.05) is 23.1 Å². The van der Waals surface area contributed by atoms with Crippen molar-refractivity contribution in [2.75, 3.05) is 0 Å². The number of carbonyl (C=O) groups excluding carboxylic acids is 1. The molecule has 1 amide bonds. The van der Waals surface area contributed by atoms with Crippen LogP contribution in [0.1, 0.15) is 21.5 Å². The van der Waals surface area contributed by atoms with Gasteiger partial charge in [-0.3, -0.25) is 9.69 Å². The predicted molar refractivity (Wildman–Crippen MR) is 56.8 cm³/mol. The Hall–Kier alpha value is -1.36. The highest BCUT2D eigenvalue weighted by Gasteiger charge is 2.23. The molecule has 1 heterocycles. The molecule has 0 aromatic heterocycles. The van der Waals surface area contributed by atoms with Crippen LogP contribution in [0.2, 0.25) is 0 Å². The zero-order valence-corrected chi connectivity index (χ0v) is 9.32. The first-order chi connectivity index (χ1) is 7.11. The molecule has 0 radical (unpaired) electrons. The van der Waals surface area contributed by atoms with Crippen LogP contribution in [0.3, 0.4) is 0 Å². The average Bonchev–Trinajstić information content (AvgIpc) is 2.59. The molecular weight excluding hydrogens is 262 g/mol. The number of hydrogen-bond donors (Lipinski definition) is 1. The number of halogens is 1. The van der Waals surface area contributed by atoms with Crippen LogP contribution >= 0.6 is 15.9 Å². The topological polar surface area (TPSA) is 57.6 Å². The van der Waals surface area contributed by atoms with Gasteiger partial charge in [-0.25, -0.2) is 4.79 Å². The van der Waals surface area contributed by atoms with Crippen molar-refractivity contribution in [1.29, 1.82) is 0 Å². The lowest BCUT2D eigenvalue weighted by Gasteiger charge is -2.08. The van der Waals surface area contributed by atoms with Crippen LogP contribution in [0, 0.1) is 0 Å². The molecule has 0 fully saturated rings. The van der Waals surface area contributed by atoms with E-state index in [1.54, 1.807) is 6.07 Å². The maximum Gasteiger partial charge on any atom is 0.407 e. The van der Waals surface area contributed by atoms with Gasteiger partial charge in [-0.1, -0.05) is 15.9 Å². The predicted octanol–water partition coefficient (Wildman–Crippen LogP) is 2.26. The molecule has 78 valence electrons. The van der Waals surface area contributed by atoms with Crippen LogP contribution in [0.5, 0.6) is 0 Å². The third-order valence-corrected chi connectivity index (χ3v) is 3.13. The summed E-state index contributed by atoms with van der Waals surface area (Å²) in [6, 6.07) is 3.54. The van der Waals surface area contributed by atoms with Gasteiger partial charge >= 0.3 is 6.09 Å². The van der Waals surface area contributed by atoms with E-state index in [-0.39, 0.29) is 0 Å². The van der Waals surface area contributed by atoms with Gasteiger partial charge in [-0.05, 0) is 23.3 Å². The number of fused-ring (bicyclic) bond motifs is 1. The highest BCUT2D eigenvalue weighted by Crippen LogP contribution is 2.28. The van der Waals surface area contributed by atoms with Crippen molar-refractivity contribution in [3.63, 3.8) is 0 Å². The molecule has 4 nitrogen and oxygen atoms in total. The van der Waals surface area contributed by atoms with Crippen molar-refractivity contribution in [2.45, 2.75) is 13.1 Å². The maximum atomic E-state index is 10.8. The first kappa shape index (κ1) is 10.2. The van der Waals surface area contributed by atoms with Gasteiger partial charge in [0.2, 0.25) is 0 Å². The first-order valence-electron chi connectivity index (χ1n) is 4.36. The molecule has 1 N–H and O–H groups in total. The van der Waals surface area contributed by atoms with Crippen molar-refractivity contribution < 1.29 is 14.7 Å². The van der Waals surface area contributed by atoms with E-state index in [0.29, 0.717) is 23.1 Å². The summed E-state index contributed by atoms with van der Waals surface area (Å²) in [4.78, 5) is 22.7. The first-order valence-corrected chi connectivity index (χ1v) is 5.15. The minimum Gasteiger partial charge on any atom is -0.465 e. The Morgan fingerprint density at radius 2 is 2.00 bits per heavy atom. The van der Waals surface area contributed by atoms with Crippen LogP contribution in [-0.4, -0.2) is 22.4 Å². The van der Waals surface area contributed by atoms with Gasteiger partial charge in [-0.15, -0.1) is 0 Å². The molecule has 1 aromatic carbocycles. The number of carbonyl (C=O) groups is 2. The molecule has 2 rings (SSSR count). The Balaban J connectivity index is 2.39. The van der Waals surface area contributed by atoms with Crippen molar-refractivity contribution in [2.24, 2.45) is 0 Å². The number of amides is 1. The van der Waals surface area contributed by atoms with Crippen molar-refractivity contribution in [3.05, 3.63) is 33.3 Å². The number of benzene rings is 1. The van der Waals surface area contributed by atoms with Gasteiger partial charge in [0.15, 0.2) is 6.29 Å². The second-order valence-corrected chi connectivity index (χ2v) is 4.25. The fourth-order valence-corrected chi connectivity index (χ4v) is 2.15. The van der Waals surface area contributed by atoms with Gasteiger partial charge in [-0.2, -0.15) is 0 Å². The number of aldehydes is 1. The Bertz CT molecular complexity index is 445. The summed E-state index contributed by atoms with van der Waals surface area (Å²) in [5.74, 6) is 0. The fraction of sp³-hybridized carbons (Fsp3) is 0.200. The minimum atomic E-state index is -0.935. The van der Waals surface area contributed by atoms with Crippen LogP contribution in [0.4, 0.5) is 4.79 Å². The molecule has 1 aromatic rings. The third kappa shape index (κ3) is 1.74. The standard InChI is InChI=1S/C10H8BrNO3/c11-9-2-7-4-12(10(14)15)3-6(7)1-8(9)5-13/h1-2,5H,3-4H2,(H,14,15). The van der Waals surface area contributed by atoms with Crippen LogP contribution in [0.25, 0.3) is 0 Å². The van der Waals surface area contributed by atoms with Gasteiger partial charge in [0.25, 0.3) is 0 Å². The third-order valence-electron chi connectivity index (χ3n) is 2.44. The largest absolute Gasteiger partial charge is 0.465 e. The maximum absolute atomic E-state index is 10.8. The van der Waals surface area contributed by atoms with E-state index in [1.165, 1.54) is 4.90 Å². The molecule has 0 unspecified atom stereocenters. The highest BCUT2D eigenvalue weighted by atomic mass is 79.9. The zero-order valence-electron chi connectivity index (χ0n) is 7.74. The van der Waals surface area contributed by atoms with Crippen LogP contribution in [0.15, 0.2) is 16.6 Å². The van der Waals surface area contributed by atoms with Gasteiger partial charge in [0.05, 0.1) is 0 Å². The smallest absolute Gasteiger partial charge is 0.407 e. The Kier molecular flexibility index (Phi) is 2.48. The van der Waals surface area contributed by atoms with Crippen molar-refractivity contribution in [3.8, 4) is 0 Å². The van der Waals surface area contributed by atoms with Gasteiger partial charge in [0.1, 0.15) is 0 Å². The quantitative estimate of drug-likeness (QED) is 0.796. The molecule has 1 aliphatic heterocycles. The average molecular weight is 270 g/mol. The molecule has 0 saturated heterocycles. The number of hydrogen-bond acceptors (Lipinski definition) is 2. The molecule has 0 atom stereocenters. The summed E-state index contributed by atoms with van der Waals surface area (Å²) in [5, 5.41) is 8.83. The summed E-state index contributed by atoms with van der Waals surface area (Å²) < 4.78 is 0.712. The van der Waals surface area contributed by atoms with E-state index in [4.69, 9.17) is 5.11 Å². The number of carboxylic acid groups (broad SMARTS) is 1. The normalized spacial score (nSPS) is 13.8. The number of rotatable bonds is 1. The van der Waals surface area contributed by atoms with Gasteiger partial charge < -0.3 is 5.11 Å². The zero-order chi connectivity index (χ0) is 11.0. The molecule has 1 aliphatic rings. The second kappa shape index (κ2) is 3.66. The summed E-state index contributed by atoms with van der Waals surface area (Å²) in [7, 11) is 0. The second-order valence-electron chi connectivity index (χ2n) is 3.40. The summed E-state index contributed by atoms with van der Waals surface area (Å²) in [6.45, 7) is 0.751.